The van der Waals surface area contributed by atoms with Gasteiger partial charge in [0.1, 0.15) is 5.78 Å². The molecule has 0 aromatic carbocycles. The number of carbonyl (C=O) groups is 1. The minimum atomic E-state index is 0.370. The molecule has 2 rings (SSSR count). The van der Waals surface area contributed by atoms with E-state index in [4.69, 9.17) is 0 Å². The predicted molar refractivity (Wildman–Crippen MR) is 68.8 cm³/mol. The molecule has 1 fully saturated rings. The Labute approximate surface area is 102 Å². The summed E-state index contributed by atoms with van der Waals surface area (Å²) in [5.41, 5.74) is 1.32. The molecule has 1 aliphatic carbocycles. The van der Waals surface area contributed by atoms with Gasteiger partial charge >= 0.3 is 0 Å². The molecule has 0 radical (unpaired) electrons. The lowest BCUT2D eigenvalue weighted by Crippen LogP contribution is -2.21. The maximum absolute atomic E-state index is 12.0. The van der Waals surface area contributed by atoms with Crippen LogP contribution in [0.5, 0.6) is 0 Å². The Kier molecular flexibility index (Phi) is 4.16. The molecule has 0 spiro atoms. The van der Waals surface area contributed by atoms with Gasteiger partial charge in [0.05, 0.1) is 0 Å². The largest absolute Gasteiger partial charge is 0.299 e. The second kappa shape index (κ2) is 5.62. The van der Waals surface area contributed by atoms with Crippen LogP contribution in [0.15, 0.2) is 16.8 Å². The number of aryl methyl sites for hydroxylation is 1. The van der Waals surface area contributed by atoms with Crippen molar-refractivity contribution >= 4 is 17.1 Å². The van der Waals surface area contributed by atoms with Gasteiger partial charge in [0.25, 0.3) is 0 Å². The molecule has 1 heterocycles. The molecule has 16 heavy (non-hydrogen) atoms. The minimum Gasteiger partial charge on any atom is -0.299 e. The molecule has 2 heteroatoms. The van der Waals surface area contributed by atoms with E-state index in [9.17, 15) is 4.79 Å². The first kappa shape index (κ1) is 11.8. The molecule has 1 aliphatic rings. The summed E-state index contributed by atoms with van der Waals surface area (Å²) in [6.07, 6.45) is 6.43. The molecule has 0 N–H and O–H groups in total. The lowest BCUT2D eigenvalue weighted by molar-refractivity contribution is -0.124. The van der Waals surface area contributed by atoms with Gasteiger partial charge in [-0.05, 0) is 47.6 Å². The van der Waals surface area contributed by atoms with Gasteiger partial charge in [-0.15, -0.1) is 0 Å². The second-order valence-corrected chi connectivity index (χ2v) is 5.83. The van der Waals surface area contributed by atoms with Crippen LogP contribution >= 0.6 is 11.3 Å². The standard InChI is InChI=1S/C14H20OS/c1-11-2-5-13(6-3-11)14(15)7-4-12-8-9-16-10-12/h8-11,13H,2-7H2,1H3. The zero-order chi connectivity index (χ0) is 11.4. The summed E-state index contributed by atoms with van der Waals surface area (Å²) < 4.78 is 0. The van der Waals surface area contributed by atoms with Crippen molar-refractivity contribution in [2.24, 2.45) is 11.8 Å². The molecule has 1 saturated carbocycles. The zero-order valence-corrected chi connectivity index (χ0v) is 10.8. The average molecular weight is 236 g/mol. The molecule has 0 amide bonds. The van der Waals surface area contributed by atoms with Crippen LogP contribution in [0.2, 0.25) is 0 Å². The lowest BCUT2D eigenvalue weighted by atomic mass is 9.80. The fraction of sp³-hybridized carbons (Fsp3) is 0.643. The number of thiophene rings is 1. The van der Waals surface area contributed by atoms with Crippen molar-refractivity contribution in [2.75, 3.05) is 0 Å². The summed E-state index contributed by atoms with van der Waals surface area (Å²) in [4.78, 5) is 12.0. The molecular formula is C14H20OS. The van der Waals surface area contributed by atoms with E-state index in [2.05, 4.69) is 23.8 Å². The van der Waals surface area contributed by atoms with Crippen molar-refractivity contribution in [1.29, 1.82) is 0 Å². The summed E-state index contributed by atoms with van der Waals surface area (Å²) >= 11 is 1.72. The highest BCUT2D eigenvalue weighted by atomic mass is 32.1. The van der Waals surface area contributed by atoms with Crippen molar-refractivity contribution in [3.63, 3.8) is 0 Å². The lowest BCUT2D eigenvalue weighted by Gasteiger charge is -2.24. The van der Waals surface area contributed by atoms with Crippen LogP contribution in [0.1, 0.15) is 44.6 Å². The van der Waals surface area contributed by atoms with E-state index in [1.165, 1.54) is 18.4 Å². The summed E-state index contributed by atoms with van der Waals surface area (Å²) in [6.45, 7) is 2.30. The Morgan fingerprint density at radius 2 is 2.12 bits per heavy atom. The highest BCUT2D eigenvalue weighted by Gasteiger charge is 2.23. The van der Waals surface area contributed by atoms with Crippen LogP contribution < -0.4 is 0 Å². The van der Waals surface area contributed by atoms with Gasteiger partial charge in [0, 0.05) is 12.3 Å². The SMILES string of the molecule is CC1CCC(C(=O)CCc2ccsc2)CC1. The summed E-state index contributed by atoms with van der Waals surface area (Å²) in [6, 6.07) is 2.13. The Morgan fingerprint density at radius 3 is 2.75 bits per heavy atom. The maximum atomic E-state index is 12.0. The number of hydrogen-bond acceptors (Lipinski definition) is 2. The molecule has 0 bridgehead atoms. The first-order chi connectivity index (χ1) is 7.75. The van der Waals surface area contributed by atoms with Crippen molar-refractivity contribution < 1.29 is 4.79 Å². The number of hydrogen-bond donors (Lipinski definition) is 0. The molecule has 88 valence electrons. The van der Waals surface area contributed by atoms with Crippen LogP contribution in [0.3, 0.4) is 0 Å². The molecule has 0 atom stereocenters. The Hall–Kier alpha value is -0.630. The fourth-order valence-electron chi connectivity index (χ4n) is 2.49. The number of rotatable bonds is 4. The molecule has 1 aromatic heterocycles. The third-order valence-electron chi connectivity index (χ3n) is 3.71. The molecule has 0 aliphatic heterocycles. The monoisotopic (exact) mass is 236 g/mol. The van der Waals surface area contributed by atoms with E-state index in [1.54, 1.807) is 11.3 Å². The number of Topliss-reactive ketones (excluding diaryl/α,β-unsaturated/α-hetero) is 1. The van der Waals surface area contributed by atoms with E-state index >= 15 is 0 Å². The highest BCUT2D eigenvalue weighted by Crippen LogP contribution is 2.29. The van der Waals surface area contributed by atoms with Gasteiger partial charge in [-0.25, -0.2) is 0 Å². The van der Waals surface area contributed by atoms with Crippen LogP contribution in [0, 0.1) is 11.8 Å². The van der Waals surface area contributed by atoms with Gasteiger partial charge in [-0.3, -0.25) is 4.79 Å². The van der Waals surface area contributed by atoms with Crippen LogP contribution in [0.4, 0.5) is 0 Å². The van der Waals surface area contributed by atoms with E-state index in [1.807, 2.05) is 0 Å². The Bertz CT molecular complexity index is 321. The van der Waals surface area contributed by atoms with Crippen molar-refractivity contribution in [3.05, 3.63) is 22.4 Å². The smallest absolute Gasteiger partial charge is 0.136 e. The van der Waals surface area contributed by atoms with Gasteiger partial charge in [-0.2, -0.15) is 11.3 Å². The molecular weight excluding hydrogens is 216 g/mol. The first-order valence-corrected chi connectivity index (χ1v) is 7.24. The molecule has 0 saturated heterocycles. The first-order valence-electron chi connectivity index (χ1n) is 6.29. The highest BCUT2D eigenvalue weighted by molar-refractivity contribution is 7.07. The van der Waals surface area contributed by atoms with E-state index in [-0.39, 0.29) is 0 Å². The normalized spacial score (nSPS) is 25.6. The van der Waals surface area contributed by atoms with Gasteiger partial charge in [-0.1, -0.05) is 19.8 Å². The zero-order valence-electron chi connectivity index (χ0n) is 9.95. The van der Waals surface area contributed by atoms with E-state index < -0.39 is 0 Å². The van der Waals surface area contributed by atoms with Gasteiger partial charge < -0.3 is 0 Å². The van der Waals surface area contributed by atoms with Gasteiger partial charge in [0.2, 0.25) is 0 Å². The Balaban J connectivity index is 1.75. The fourth-order valence-corrected chi connectivity index (χ4v) is 3.19. The van der Waals surface area contributed by atoms with Crippen molar-refractivity contribution in [1.82, 2.24) is 0 Å². The minimum absolute atomic E-state index is 0.370. The summed E-state index contributed by atoms with van der Waals surface area (Å²) in [5, 5.41) is 4.23. The second-order valence-electron chi connectivity index (χ2n) is 5.05. The predicted octanol–water partition coefficient (Wildman–Crippen LogP) is 4.08. The van der Waals surface area contributed by atoms with Crippen molar-refractivity contribution in [3.8, 4) is 0 Å². The quantitative estimate of drug-likeness (QED) is 0.770. The van der Waals surface area contributed by atoms with E-state index in [0.717, 1.165) is 31.6 Å². The van der Waals surface area contributed by atoms with Crippen molar-refractivity contribution in [2.45, 2.75) is 45.4 Å². The number of carbonyl (C=O) groups excluding carboxylic acids is 1. The third-order valence-corrected chi connectivity index (χ3v) is 4.44. The van der Waals surface area contributed by atoms with Crippen LogP contribution in [0.25, 0.3) is 0 Å². The topological polar surface area (TPSA) is 17.1 Å². The van der Waals surface area contributed by atoms with Gasteiger partial charge in [0.15, 0.2) is 0 Å². The Morgan fingerprint density at radius 1 is 1.38 bits per heavy atom. The average Bonchev–Trinajstić information content (AvgIpc) is 2.80. The summed E-state index contributed by atoms with van der Waals surface area (Å²) in [5.74, 6) is 1.70. The van der Waals surface area contributed by atoms with E-state index in [0.29, 0.717) is 11.7 Å². The number of ketones is 1. The molecule has 0 unspecified atom stereocenters. The summed E-state index contributed by atoms with van der Waals surface area (Å²) in [7, 11) is 0. The third kappa shape index (κ3) is 3.18. The molecule has 1 aromatic rings. The van der Waals surface area contributed by atoms with Crippen LogP contribution in [-0.2, 0) is 11.2 Å². The van der Waals surface area contributed by atoms with Crippen LogP contribution in [-0.4, -0.2) is 5.78 Å². The molecule has 1 nitrogen and oxygen atoms in total. The maximum Gasteiger partial charge on any atom is 0.136 e.